The summed E-state index contributed by atoms with van der Waals surface area (Å²) < 4.78 is 10.7. The predicted octanol–water partition coefficient (Wildman–Crippen LogP) is 1.75. The van der Waals surface area contributed by atoms with Gasteiger partial charge in [0, 0.05) is 27.8 Å². The minimum atomic E-state index is -0.932. The second-order valence-electron chi connectivity index (χ2n) is 8.11. The molecule has 0 spiro atoms. The quantitative estimate of drug-likeness (QED) is 0.280. The van der Waals surface area contributed by atoms with E-state index in [4.69, 9.17) is 14.6 Å². The fraction of sp³-hybridized carbons (Fsp3) is 1.00. The second kappa shape index (κ2) is 13.6. The maximum Gasteiger partial charge on any atom is 0.0897 e. The zero-order valence-electron chi connectivity index (χ0n) is 16.5. The van der Waals surface area contributed by atoms with Gasteiger partial charge < -0.3 is 25.0 Å². The highest BCUT2D eigenvalue weighted by Gasteiger charge is 2.18. The highest BCUT2D eigenvalue weighted by molar-refractivity contribution is 8.32. The molecule has 0 aromatic rings. The molecule has 0 amide bonds. The second-order valence-corrected chi connectivity index (χ2v) is 18.1. The molecule has 0 rings (SSSR count). The number of hydrogen-bond donors (Lipinski definition) is 3. The van der Waals surface area contributed by atoms with Crippen LogP contribution in [0.15, 0.2) is 0 Å². The van der Waals surface area contributed by atoms with Crippen LogP contribution in [0.1, 0.15) is 6.42 Å². The minimum Gasteiger partial charge on any atom is -0.394 e. The number of rotatable bonds is 16. The Morgan fingerprint density at radius 1 is 1.04 bits per heavy atom. The van der Waals surface area contributed by atoms with Crippen LogP contribution in [0.3, 0.4) is 0 Å². The molecule has 5 nitrogen and oxygen atoms in total. The Balaban J connectivity index is 3.53. The van der Waals surface area contributed by atoms with E-state index >= 15 is 0 Å². The van der Waals surface area contributed by atoms with Gasteiger partial charge in [-0.1, -0.05) is 25.7 Å². The molecule has 0 radical (unpaired) electrons. The van der Waals surface area contributed by atoms with E-state index in [1.54, 1.807) is 0 Å². The van der Waals surface area contributed by atoms with Gasteiger partial charge >= 0.3 is 0 Å². The lowest BCUT2D eigenvalue weighted by Gasteiger charge is -2.33. The summed E-state index contributed by atoms with van der Waals surface area (Å²) >= 11 is 0. The van der Waals surface area contributed by atoms with Crippen LogP contribution < -0.4 is 5.32 Å². The average molecular weight is 384 g/mol. The molecular formula is C17H41NO4SSi. The van der Waals surface area contributed by atoms with Gasteiger partial charge in [0.15, 0.2) is 0 Å². The third-order valence-corrected chi connectivity index (χ3v) is 8.55. The Morgan fingerprint density at radius 3 is 2.38 bits per heavy atom. The molecule has 3 N–H and O–H groups in total. The number of ether oxygens (including phenoxy) is 2. The Bertz CT molecular complexity index is 301. The van der Waals surface area contributed by atoms with Crippen LogP contribution in [0.4, 0.5) is 0 Å². The lowest BCUT2D eigenvalue weighted by molar-refractivity contribution is 0.0356. The van der Waals surface area contributed by atoms with Crippen molar-refractivity contribution in [2.75, 3.05) is 70.1 Å². The summed E-state index contributed by atoms with van der Waals surface area (Å²) in [7, 11) is -1.42. The molecule has 1 atom stereocenters. The Morgan fingerprint density at radius 2 is 1.75 bits per heavy atom. The summed E-state index contributed by atoms with van der Waals surface area (Å²) in [5.74, 6) is 2.64. The van der Waals surface area contributed by atoms with Crippen molar-refractivity contribution in [2.45, 2.75) is 38.2 Å². The van der Waals surface area contributed by atoms with E-state index in [1.807, 2.05) is 0 Å². The number of aliphatic hydroxyl groups is 2. The van der Waals surface area contributed by atoms with Crippen LogP contribution in [0.2, 0.25) is 25.7 Å². The molecule has 0 fully saturated rings. The summed E-state index contributed by atoms with van der Waals surface area (Å²) in [5.41, 5.74) is 0. The Kier molecular flexibility index (Phi) is 13.8. The SMILES string of the molecule is C[Si](C)(C)CCS(C)(C)CCCOCC(O)CNCCOCCO. The fourth-order valence-corrected chi connectivity index (χ4v) is 7.86. The Hall–Kier alpha value is 0.367. The van der Waals surface area contributed by atoms with Crippen molar-refractivity contribution in [3.05, 3.63) is 0 Å². The first-order valence-electron chi connectivity index (χ1n) is 9.00. The van der Waals surface area contributed by atoms with Crippen LogP contribution in [0, 0.1) is 0 Å². The van der Waals surface area contributed by atoms with E-state index in [9.17, 15) is 5.11 Å². The molecule has 24 heavy (non-hydrogen) atoms. The summed E-state index contributed by atoms with van der Waals surface area (Å²) in [4.78, 5) is 0. The van der Waals surface area contributed by atoms with Crippen LogP contribution >= 0.6 is 10.0 Å². The van der Waals surface area contributed by atoms with E-state index in [0.29, 0.717) is 32.9 Å². The van der Waals surface area contributed by atoms with Crippen molar-refractivity contribution < 1.29 is 19.7 Å². The minimum absolute atomic E-state index is 0.0487. The number of hydrogen-bond acceptors (Lipinski definition) is 5. The molecule has 0 saturated carbocycles. The molecular weight excluding hydrogens is 342 g/mol. The first-order chi connectivity index (χ1) is 11.2. The normalized spacial score (nSPS) is 14.8. The van der Waals surface area contributed by atoms with E-state index in [0.717, 1.165) is 13.0 Å². The van der Waals surface area contributed by atoms with Crippen molar-refractivity contribution in [3.63, 3.8) is 0 Å². The third kappa shape index (κ3) is 17.2. The van der Waals surface area contributed by atoms with Gasteiger partial charge in [0.05, 0.1) is 32.5 Å². The molecule has 148 valence electrons. The van der Waals surface area contributed by atoms with Crippen molar-refractivity contribution in [3.8, 4) is 0 Å². The molecule has 0 heterocycles. The first-order valence-corrected chi connectivity index (χ1v) is 15.5. The largest absolute Gasteiger partial charge is 0.394 e. The predicted molar refractivity (Wildman–Crippen MR) is 110 cm³/mol. The van der Waals surface area contributed by atoms with E-state index in [1.165, 1.54) is 17.5 Å². The third-order valence-electron chi connectivity index (χ3n) is 3.74. The first kappa shape index (κ1) is 24.4. The van der Waals surface area contributed by atoms with Crippen molar-refractivity contribution in [1.82, 2.24) is 5.32 Å². The number of aliphatic hydroxyl groups excluding tert-OH is 2. The van der Waals surface area contributed by atoms with E-state index in [-0.39, 0.29) is 6.61 Å². The van der Waals surface area contributed by atoms with Crippen LogP contribution in [-0.4, -0.2) is 94.5 Å². The topological polar surface area (TPSA) is 71.0 Å². The van der Waals surface area contributed by atoms with Gasteiger partial charge in [-0.05, 0) is 30.4 Å². The highest BCUT2D eigenvalue weighted by atomic mass is 32.3. The van der Waals surface area contributed by atoms with Crippen molar-refractivity contribution in [2.24, 2.45) is 0 Å². The zero-order valence-corrected chi connectivity index (χ0v) is 18.3. The molecule has 1 unspecified atom stereocenters. The lowest BCUT2D eigenvalue weighted by Crippen LogP contribution is -2.32. The standard InChI is InChI=1S/C17H41NO4SSi/c1-23(2,13-14-24(3,4)5)12-6-9-22-16-17(20)15-18-7-10-21-11-8-19/h17-20H,6-16H2,1-5H3. The fourth-order valence-electron chi connectivity index (χ4n) is 2.09. The maximum absolute atomic E-state index is 9.83. The summed E-state index contributed by atoms with van der Waals surface area (Å²) in [6.45, 7) is 10.6. The summed E-state index contributed by atoms with van der Waals surface area (Å²) in [5, 5.41) is 21.5. The van der Waals surface area contributed by atoms with Gasteiger partial charge in [-0.2, -0.15) is 0 Å². The van der Waals surface area contributed by atoms with Crippen molar-refractivity contribution in [1.29, 1.82) is 0 Å². The Labute approximate surface area is 151 Å². The monoisotopic (exact) mass is 383 g/mol. The van der Waals surface area contributed by atoms with Gasteiger partial charge in [0.1, 0.15) is 0 Å². The average Bonchev–Trinajstić information content (AvgIpc) is 2.48. The maximum atomic E-state index is 9.83. The van der Waals surface area contributed by atoms with Crippen LogP contribution in [0.25, 0.3) is 0 Å². The summed E-state index contributed by atoms with van der Waals surface area (Å²) in [6.07, 6.45) is 5.48. The molecule has 0 aliphatic rings. The van der Waals surface area contributed by atoms with Gasteiger partial charge in [-0.3, -0.25) is 0 Å². The van der Waals surface area contributed by atoms with Crippen LogP contribution in [0.5, 0.6) is 0 Å². The van der Waals surface area contributed by atoms with Gasteiger partial charge in [0.25, 0.3) is 0 Å². The van der Waals surface area contributed by atoms with E-state index in [2.05, 4.69) is 37.5 Å². The molecule has 7 heteroatoms. The molecule has 0 aromatic carbocycles. The van der Waals surface area contributed by atoms with Gasteiger partial charge in [-0.25, -0.2) is 10.0 Å². The molecule has 0 aliphatic carbocycles. The smallest absolute Gasteiger partial charge is 0.0897 e. The highest BCUT2D eigenvalue weighted by Crippen LogP contribution is 2.42. The lowest BCUT2D eigenvalue weighted by atomic mass is 10.4. The van der Waals surface area contributed by atoms with Crippen LogP contribution in [-0.2, 0) is 9.47 Å². The molecule has 0 aliphatic heterocycles. The molecule has 0 saturated heterocycles. The molecule has 0 bridgehead atoms. The molecule has 0 aromatic heterocycles. The van der Waals surface area contributed by atoms with Gasteiger partial charge in [0.2, 0.25) is 0 Å². The number of nitrogens with one attached hydrogen (secondary N) is 1. The zero-order chi connectivity index (χ0) is 18.5. The van der Waals surface area contributed by atoms with E-state index < -0.39 is 24.2 Å². The summed E-state index contributed by atoms with van der Waals surface area (Å²) in [6, 6.07) is 1.42. The van der Waals surface area contributed by atoms with Gasteiger partial charge in [-0.15, -0.1) is 0 Å². The van der Waals surface area contributed by atoms with Crippen molar-refractivity contribution >= 4 is 18.1 Å².